The average molecular weight is 327 g/mol. The van der Waals surface area contributed by atoms with Gasteiger partial charge in [0.2, 0.25) is 0 Å². The van der Waals surface area contributed by atoms with Gasteiger partial charge in [-0.05, 0) is 24.3 Å². The van der Waals surface area contributed by atoms with E-state index in [1.807, 2.05) is 12.3 Å². The number of ether oxygens (including phenoxy) is 1. The molecule has 8 heteroatoms. The van der Waals surface area contributed by atoms with Gasteiger partial charge in [0.1, 0.15) is 17.0 Å². The van der Waals surface area contributed by atoms with Gasteiger partial charge in [0.15, 0.2) is 9.84 Å². The first kappa shape index (κ1) is 14.7. The number of sulfone groups is 1. The Morgan fingerprint density at radius 1 is 1.48 bits per heavy atom. The van der Waals surface area contributed by atoms with Crippen LogP contribution in [0.15, 0.2) is 11.7 Å². The van der Waals surface area contributed by atoms with E-state index < -0.39 is 15.4 Å². The van der Waals surface area contributed by atoms with E-state index in [-0.39, 0.29) is 11.5 Å². The molecule has 1 aliphatic heterocycles. The number of rotatable bonds is 4. The molecule has 3 heterocycles. The second-order valence-corrected chi connectivity index (χ2v) is 8.45. The van der Waals surface area contributed by atoms with Gasteiger partial charge in [0.05, 0.1) is 22.5 Å². The summed E-state index contributed by atoms with van der Waals surface area (Å²) in [7, 11) is -1.44. The van der Waals surface area contributed by atoms with Crippen molar-refractivity contribution in [3.8, 4) is 0 Å². The Balaban J connectivity index is 1.85. The highest BCUT2D eigenvalue weighted by Crippen LogP contribution is 2.31. The molecule has 0 bridgehead atoms. The molecular formula is C13H17N3O3S2. The van der Waals surface area contributed by atoms with E-state index in [0.717, 1.165) is 21.6 Å². The minimum Gasteiger partial charge on any atom is -0.375 e. The smallest absolute Gasteiger partial charge is 0.153 e. The largest absolute Gasteiger partial charge is 0.375 e. The zero-order valence-corrected chi connectivity index (χ0v) is 13.6. The summed E-state index contributed by atoms with van der Waals surface area (Å²) in [5.74, 6) is 0.971. The van der Waals surface area contributed by atoms with Crippen LogP contribution in [0, 0.1) is 6.92 Å². The number of fused-ring (bicyclic) bond motifs is 1. The van der Waals surface area contributed by atoms with Gasteiger partial charge in [-0.15, -0.1) is 11.3 Å². The molecule has 0 saturated carbocycles. The molecule has 21 heavy (non-hydrogen) atoms. The number of aryl methyl sites for hydroxylation is 1. The van der Waals surface area contributed by atoms with E-state index in [1.165, 1.54) is 6.33 Å². The summed E-state index contributed by atoms with van der Waals surface area (Å²) in [6, 6.07) is 0. The second-order valence-electron chi connectivity index (χ2n) is 5.40. The monoisotopic (exact) mass is 327 g/mol. The third-order valence-electron chi connectivity index (χ3n) is 3.92. The number of nitrogens with zero attached hydrogens (tertiary/aromatic N) is 2. The first-order chi connectivity index (χ1) is 9.95. The van der Waals surface area contributed by atoms with E-state index in [9.17, 15) is 8.42 Å². The van der Waals surface area contributed by atoms with Crippen LogP contribution in [0.2, 0.25) is 0 Å². The number of nitrogens with one attached hydrogen (secondary N) is 1. The van der Waals surface area contributed by atoms with Crippen LogP contribution in [0.3, 0.4) is 0 Å². The molecule has 114 valence electrons. The molecule has 1 saturated heterocycles. The third-order valence-corrected chi connectivity index (χ3v) is 6.71. The fourth-order valence-corrected chi connectivity index (χ4v) is 5.54. The quantitative estimate of drug-likeness (QED) is 0.919. The van der Waals surface area contributed by atoms with Crippen molar-refractivity contribution < 1.29 is 13.2 Å². The molecule has 0 aromatic carbocycles. The summed E-state index contributed by atoms with van der Waals surface area (Å²) in [6.45, 7) is 2.43. The van der Waals surface area contributed by atoms with Gasteiger partial charge in [-0.1, -0.05) is 0 Å². The Hall–Kier alpha value is -1.25. The van der Waals surface area contributed by atoms with Gasteiger partial charge in [-0.2, -0.15) is 0 Å². The van der Waals surface area contributed by atoms with E-state index in [2.05, 4.69) is 15.3 Å². The lowest BCUT2D eigenvalue weighted by Crippen LogP contribution is -2.40. The Kier molecular flexibility index (Phi) is 3.62. The number of hydrogen-bond donors (Lipinski definition) is 1. The van der Waals surface area contributed by atoms with Crippen LogP contribution in [-0.4, -0.2) is 49.1 Å². The molecule has 6 nitrogen and oxygen atoms in total. The van der Waals surface area contributed by atoms with Crippen molar-refractivity contribution in [3.63, 3.8) is 0 Å². The average Bonchev–Trinajstić information content (AvgIpc) is 2.99. The molecule has 2 aromatic rings. The number of thiophene rings is 1. The van der Waals surface area contributed by atoms with Crippen LogP contribution in [0.4, 0.5) is 5.82 Å². The van der Waals surface area contributed by atoms with Crippen molar-refractivity contribution in [1.82, 2.24) is 9.97 Å². The summed E-state index contributed by atoms with van der Waals surface area (Å²) in [6.07, 6.45) is 2.03. The topological polar surface area (TPSA) is 81.2 Å². The summed E-state index contributed by atoms with van der Waals surface area (Å²) < 4.78 is 28.9. The lowest BCUT2D eigenvalue weighted by atomic mass is 10.0. The second kappa shape index (κ2) is 5.19. The van der Waals surface area contributed by atoms with Gasteiger partial charge < -0.3 is 10.1 Å². The minimum absolute atomic E-state index is 0.0559. The Bertz CT molecular complexity index is 772. The molecule has 0 spiro atoms. The van der Waals surface area contributed by atoms with Gasteiger partial charge >= 0.3 is 0 Å². The summed E-state index contributed by atoms with van der Waals surface area (Å²) in [5.41, 5.74) is 0.448. The van der Waals surface area contributed by atoms with Crippen molar-refractivity contribution in [3.05, 3.63) is 17.3 Å². The van der Waals surface area contributed by atoms with Gasteiger partial charge in [-0.3, -0.25) is 0 Å². The van der Waals surface area contributed by atoms with Crippen LogP contribution in [-0.2, 0) is 14.6 Å². The standard InChI is InChI=1S/C13H17N3O3S2/c1-9-5-20-12-10(9)11(15-8-16-12)14-6-13(19-2)3-4-21(17,18)7-13/h5,8H,3-4,6-7H2,1-2H3,(H,14,15,16). The molecule has 3 rings (SSSR count). The minimum atomic E-state index is -3.01. The third kappa shape index (κ3) is 2.75. The first-order valence-corrected chi connectivity index (χ1v) is 9.33. The number of hydrogen-bond acceptors (Lipinski definition) is 7. The van der Waals surface area contributed by atoms with Crippen LogP contribution >= 0.6 is 11.3 Å². The van der Waals surface area contributed by atoms with Gasteiger partial charge in [0.25, 0.3) is 0 Å². The molecule has 1 atom stereocenters. The van der Waals surface area contributed by atoms with Crippen molar-refractivity contribution in [1.29, 1.82) is 0 Å². The van der Waals surface area contributed by atoms with Crippen LogP contribution < -0.4 is 5.32 Å². The van der Waals surface area contributed by atoms with Crippen molar-refractivity contribution in [2.45, 2.75) is 18.9 Å². The summed E-state index contributed by atoms with van der Waals surface area (Å²) in [4.78, 5) is 9.45. The van der Waals surface area contributed by atoms with Gasteiger partial charge in [0, 0.05) is 13.7 Å². The van der Waals surface area contributed by atoms with Gasteiger partial charge in [-0.25, -0.2) is 18.4 Å². The molecule has 2 aromatic heterocycles. The van der Waals surface area contributed by atoms with E-state index in [4.69, 9.17) is 4.74 Å². The summed E-state index contributed by atoms with van der Waals surface area (Å²) in [5, 5.41) is 6.29. The maximum absolute atomic E-state index is 11.7. The van der Waals surface area contributed by atoms with Crippen molar-refractivity contribution >= 4 is 37.2 Å². The molecule has 1 aliphatic rings. The van der Waals surface area contributed by atoms with E-state index >= 15 is 0 Å². The van der Waals surface area contributed by atoms with Crippen LogP contribution in [0.5, 0.6) is 0 Å². The lowest BCUT2D eigenvalue weighted by molar-refractivity contribution is 0.0241. The molecule has 0 amide bonds. The SMILES string of the molecule is COC1(CNc2ncnc3scc(C)c23)CCS(=O)(=O)C1. The number of anilines is 1. The maximum atomic E-state index is 11.7. The van der Waals surface area contributed by atoms with Crippen molar-refractivity contribution in [2.75, 3.05) is 30.5 Å². The lowest BCUT2D eigenvalue weighted by Gasteiger charge is -2.26. The molecule has 0 aliphatic carbocycles. The van der Waals surface area contributed by atoms with Crippen LogP contribution in [0.1, 0.15) is 12.0 Å². The Morgan fingerprint density at radius 3 is 2.95 bits per heavy atom. The highest BCUT2D eigenvalue weighted by Gasteiger charge is 2.42. The molecular weight excluding hydrogens is 310 g/mol. The zero-order chi connectivity index (χ0) is 15.1. The predicted molar refractivity (Wildman–Crippen MR) is 83.7 cm³/mol. The van der Waals surface area contributed by atoms with Crippen molar-refractivity contribution in [2.24, 2.45) is 0 Å². The highest BCUT2D eigenvalue weighted by atomic mass is 32.2. The fraction of sp³-hybridized carbons (Fsp3) is 0.538. The molecule has 1 N–H and O–H groups in total. The number of aromatic nitrogens is 2. The van der Waals surface area contributed by atoms with E-state index in [0.29, 0.717) is 13.0 Å². The van der Waals surface area contributed by atoms with E-state index in [1.54, 1.807) is 18.4 Å². The Morgan fingerprint density at radius 2 is 2.29 bits per heavy atom. The Labute approximate surface area is 127 Å². The normalized spacial score (nSPS) is 24.5. The van der Waals surface area contributed by atoms with Crippen LogP contribution in [0.25, 0.3) is 10.2 Å². The fourth-order valence-electron chi connectivity index (χ4n) is 2.66. The molecule has 0 radical (unpaired) electrons. The first-order valence-electron chi connectivity index (χ1n) is 6.63. The molecule has 1 unspecified atom stereocenters. The zero-order valence-electron chi connectivity index (χ0n) is 11.9. The highest BCUT2D eigenvalue weighted by molar-refractivity contribution is 7.91. The summed E-state index contributed by atoms with van der Waals surface area (Å²) >= 11 is 1.57. The maximum Gasteiger partial charge on any atom is 0.153 e. The molecule has 1 fully saturated rings. The predicted octanol–water partition coefficient (Wildman–Crippen LogP) is 1.62. The number of methoxy groups -OCH3 is 1.